The Labute approximate surface area is 226 Å². The van der Waals surface area contributed by atoms with Crippen molar-refractivity contribution in [2.45, 2.75) is 56.1 Å². The number of fused-ring (bicyclic) bond motifs is 2. The lowest BCUT2D eigenvalue weighted by atomic mass is 9.97. The highest BCUT2D eigenvalue weighted by molar-refractivity contribution is 5.50. The van der Waals surface area contributed by atoms with Crippen molar-refractivity contribution in [3.63, 3.8) is 0 Å². The highest BCUT2D eigenvalue weighted by Crippen LogP contribution is 2.52. The number of alkyl halides is 12. The molecule has 0 radical (unpaired) electrons. The number of piperidine rings is 1. The van der Waals surface area contributed by atoms with Gasteiger partial charge >= 0.3 is 24.7 Å². The maximum Gasteiger partial charge on any atom is 0.433 e. The lowest BCUT2D eigenvalue weighted by Gasteiger charge is -2.37. The van der Waals surface area contributed by atoms with Gasteiger partial charge < -0.3 is 4.90 Å². The summed E-state index contributed by atoms with van der Waals surface area (Å²) >= 11 is 0. The molecule has 3 aromatic rings. The highest BCUT2D eigenvalue weighted by Gasteiger charge is 2.51. The molecule has 0 aromatic carbocycles. The normalized spacial score (nSPS) is 21.3. The molecule has 18 heteroatoms. The third kappa shape index (κ3) is 5.37. The minimum atomic E-state index is -5.37. The average molecular weight is 617 g/mol. The van der Waals surface area contributed by atoms with Gasteiger partial charge in [-0.2, -0.15) is 57.7 Å². The van der Waals surface area contributed by atoms with Crippen molar-refractivity contribution in [1.29, 1.82) is 0 Å². The van der Waals surface area contributed by atoms with Crippen LogP contribution in [0.1, 0.15) is 53.8 Å². The lowest BCUT2D eigenvalue weighted by Crippen LogP contribution is -2.40. The number of anilines is 1. The van der Waals surface area contributed by atoms with Crippen LogP contribution in [-0.2, 0) is 24.7 Å². The molecule has 5 rings (SSSR count). The minimum Gasteiger partial charge on any atom is -0.343 e. The van der Waals surface area contributed by atoms with Crippen LogP contribution in [0.2, 0.25) is 0 Å². The standard InChI is InChI=1S/C24H15F12N5O/c25-21(26,27)11-7-14(23(31,32)33)38-17(8-11)40-12-5-4-10(6-12)19(40)20-39-18(42)9-15(24(34,35)36)41(20)16-3-1-2-13(37-16)22(28,29)30/h1-3,7-10,12,19H,4-6H2/t10-,12+,19-/m0/s1. The van der Waals surface area contributed by atoms with Gasteiger partial charge in [0, 0.05) is 12.1 Å². The smallest absolute Gasteiger partial charge is 0.343 e. The molecule has 4 heterocycles. The lowest BCUT2D eigenvalue weighted by molar-refractivity contribution is -0.146. The summed E-state index contributed by atoms with van der Waals surface area (Å²) in [4.78, 5) is 23.5. The fourth-order valence-corrected chi connectivity index (χ4v) is 5.46. The van der Waals surface area contributed by atoms with E-state index >= 15 is 0 Å². The number of nitrogens with zero attached hydrogens (tertiary/aromatic N) is 5. The van der Waals surface area contributed by atoms with E-state index in [0.29, 0.717) is 12.1 Å². The zero-order valence-corrected chi connectivity index (χ0v) is 20.5. The zero-order valence-electron chi connectivity index (χ0n) is 20.5. The van der Waals surface area contributed by atoms with Gasteiger partial charge in [-0.25, -0.2) is 9.97 Å². The Bertz CT molecular complexity index is 1540. The predicted octanol–water partition coefficient (Wildman–Crippen LogP) is 6.83. The number of pyridine rings is 2. The van der Waals surface area contributed by atoms with Crippen molar-refractivity contribution in [2.24, 2.45) is 5.92 Å². The van der Waals surface area contributed by atoms with Gasteiger partial charge in [0.2, 0.25) is 0 Å². The Kier molecular flexibility index (Phi) is 6.76. The van der Waals surface area contributed by atoms with E-state index in [1.807, 2.05) is 0 Å². The van der Waals surface area contributed by atoms with Crippen LogP contribution in [-0.4, -0.2) is 25.6 Å². The van der Waals surface area contributed by atoms with Crippen LogP contribution in [0.3, 0.4) is 0 Å². The second kappa shape index (κ2) is 9.58. The Hall–Kier alpha value is -3.86. The molecule has 1 aliphatic heterocycles. The van der Waals surface area contributed by atoms with Crippen LogP contribution < -0.4 is 10.5 Å². The van der Waals surface area contributed by atoms with Crippen molar-refractivity contribution < 1.29 is 52.7 Å². The second-order valence-corrected chi connectivity index (χ2v) is 9.72. The third-order valence-electron chi connectivity index (χ3n) is 7.04. The van der Waals surface area contributed by atoms with Gasteiger partial charge in [0.25, 0.3) is 5.56 Å². The van der Waals surface area contributed by atoms with E-state index in [4.69, 9.17) is 0 Å². The summed E-state index contributed by atoms with van der Waals surface area (Å²) < 4.78 is 164. The monoisotopic (exact) mass is 617 g/mol. The number of rotatable bonds is 3. The summed E-state index contributed by atoms with van der Waals surface area (Å²) in [6.07, 6.45) is -20.6. The maximum atomic E-state index is 14.2. The summed E-state index contributed by atoms with van der Waals surface area (Å²) in [5.74, 6) is -3.49. The maximum absolute atomic E-state index is 14.2. The van der Waals surface area contributed by atoms with E-state index in [-0.39, 0.29) is 36.0 Å². The number of hydrogen-bond acceptors (Lipinski definition) is 5. The summed E-state index contributed by atoms with van der Waals surface area (Å²) in [5, 5.41) is 0. The molecule has 2 fully saturated rings. The van der Waals surface area contributed by atoms with Crippen LogP contribution in [0.15, 0.2) is 41.2 Å². The van der Waals surface area contributed by atoms with Crippen LogP contribution in [0.25, 0.3) is 5.82 Å². The van der Waals surface area contributed by atoms with Crippen LogP contribution in [0.5, 0.6) is 0 Å². The Morgan fingerprint density at radius 3 is 1.93 bits per heavy atom. The van der Waals surface area contributed by atoms with Gasteiger partial charge in [-0.05, 0) is 49.4 Å². The molecule has 2 bridgehead atoms. The van der Waals surface area contributed by atoms with Crippen LogP contribution in [0.4, 0.5) is 58.5 Å². The largest absolute Gasteiger partial charge is 0.433 e. The molecule has 3 atom stereocenters. The van der Waals surface area contributed by atoms with Gasteiger partial charge in [-0.1, -0.05) is 6.07 Å². The molecule has 226 valence electrons. The first-order valence-electron chi connectivity index (χ1n) is 12.0. The minimum absolute atomic E-state index is 0.00721. The van der Waals surface area contributed by atoms with E-state index in [2.05, 4.69) is 15.0 Å². The van der Waals surface area contributed by atoms with Crippen LogP contribution in [0, 0.1) is 5.92 Å². The van der Waals surface area contributed by atoms with Gasteiger partial charge in [-0.15, -0.1) is 0 Å². The molecule has 6 nitrogen and oxygen atoms in total. The van der Waals surface area contributed by atoms with E-state index in [0.717, 1.165) is 17.0 Å². The van der Waals surface area contributed by atoms with Crippen molar-refractivity contribution in [1.82, 2.24) is 19.5 Å². The fourth-order valence-electron chi connectivity index (χ4n) is 5.46. The van der Waals surface area contributed by atoms with Gasteiger partial charge in [-0.3, -0.25) is 9.36 Å². The number of hydrogen-bond donors (Lipinski definition) is 0. The first-order chi connectivity index (χ1) is 19.2. The van der Waals surface area contributed by atoms with Crippen molar-refractivity contribution in [3.8, 4) is 5.82 Å². The summed E-state index contributed by atoms with van der Waals surface area (Å²) in [6, 6.07) is -0.343. The van der Waals surface area contributed by atoms with Crippen molar-refractivity contribution in [2.75, 3.05) is 4.90 Å². The fraction of sp³-hybridized carbons (Fsp3) is 0.417. The Morgan fingerprint density at radius 1 is 0.690 bits per heavy atom. The first-order valence-corrected chi connectivity index (χ1v) is 12.0. The van der Waals surface area contributed by atoms with E-state index < -0.39 is 88.4 Å². The molecule has 1 saturated carbocycles. The SMILES string of the molecule is O=c1cc(C(F)(F)F)n(-c2cccc(C(F)(F)F)n2)c([C@@H]2[C@H]3CC[C@H](C3)N2c2cc(C(F)(F)F)cc(C(F)(F)F)n2)n1. The molecule has 42 heavy (non-hydrogen) atoms. The van der Waals surface area contributed by atoms with Crippen molar-refractivity contribution >= 4 is 5.82 Å². The van der Waals surface area contributed by atoms with Gasteiger partial charge in [0.05, 0.1) is 11.6 Å². The molecule has 0 unspecified atom stereocenters. The molecular weight excluding hydrogens is 602 g/mol. The van der Waals surface area contributed by atoms with Gasteiger partial charge in [0.15, 0.2) is 0 Å². The van der Waals surface area contributed by atoms with E-state index in [9.17, 15) is 57.5 Å². The molecule has 1 saturated heterocycles. The third-order valence-corrected chi connectivity index (χ3v) is 7.04. The quantitative estimate of drug-likeness (QED) is 0.302. The summed E-state index contributed by atoms with van der Waals surface area (Å²) in [5.41, 5.74) is -8.55. The summed E-state index contributed by atoms with van der Waals surface area (Å²) in [7, 11) is 0. The Morgan fingerprint density at radius 2 is 1.33 bits per heavy atom. The summed E-state index contributed by atoms with van der Waals surface area (Å²) in [6.45, 7) is 0. The van der Waals surface area contributed by atoms with Gasteiger partial charge in [0.1, 0.15) is 34.5 Å². The number of aromatic nitrogens is 4. The topological polar surface area (TPSA) is 63.9 Å². The zero-order chi connectivity index (χ0) is 31.0. The Balaban J connectivity index is 1.79. The first kappa shape index (κ1) is 29.6. The molecule has 3 aromatic heterocycles. The highest BCUT2D eigenvalue weighted by atomic mass is 19.4. The number of halogens is 12. The van der Waals surface area contributed by atoms with Crippen LogP contribution >= 0.6 is 0 Å². The van der Waals surface area contributed by atoms with Crippen molar-refractivity contribution in [3.05, 3.63) is 75.2 Å². The molecule has 2 aliphatic rings. The molecule has 0 spiro atoms. The molecule has 0 N–H and O–H groups in total. The van der Waals surface area contributed by atoms with E-state index in [1.165, 1.54) is 0 Å². The van der Waals surface area contributed by atoms with E-state index in [1.54, 1.807) is 0 Å². The average Bonchev–Trinajstić information content (AvgIpc) is 3.48. The molecule has 0 amide bonds. The second-order valence-electron chi connectivity index (χ2n) is 9.72. The molecule has 1 aliphatic carbocycles. The predicted molar refractivity (Wildman–Crippen MR) is 118 cm³/mol. The molecular formula is C24H15F12N5O.